The van der Waals surface area contributed by atoms with Crippen molar-refractivity contribution in [2.45, 2.75) is 51.7 Å². The molecule has 110 valence electrons. The highest BCUT2D eigenvalue weighted by atomic mass is 16.6. The molecule has 0 aliphatic carbocycles. The molecule has 0 aromatic heterocycles. The second-order valence-corrected chi connectivity index (χ2v) is 5.99. The molecule has 6 heteroatoms. The van der Waals surface area contributed by atoms with Gasteiger partial charge in [0.2, 0.25) is 0 Å². The molecular formula is C13H24N2O4. The summed E-state index contributed by atoms with van der Waals surface area (Å²) >= 11 is 0. The molecule has 0 aromatic rings. The van der Waals surface area contributed by atoms with Crippen molar-refractivity contribution >= 4 is 12.1 Å². The second-order valence-electron chi connectivity index (χ2n) is 5.99. The summed E-state index contributed by atoms with van der Waals surface area (Å²) in [6.45, 7) is 7.02. The fraction of sp³-hybridized carbons (Fsp3) is 0.846. The van der Waals surface area contributed by atoms with Gasteiger partial charge < -0.3 is 20.5 Å². The maximum Gasteiger partial charge on any atom is 0.408 e. The van der Waals surface area contributed by atoms with Gasteiger partial charge in [0.25, 0.3) is 0 Å². The number of hydrogen-bond acceptors (Lipinski definition) is 4. The highest BCUT2D eigenvalue weighted by Crippen LogP contribution is 2.16. The SMILES string of the molecule is CC(C)(C)OC(=O)N[C@@H](C[C@@H]1CCCNC1)C(=O)O. The maximum atomic E-state index is 11.6. The van der Waals surface area contributed by atoms with Crippen molar-refractivity contribution in [3.8, 4) is 0 Å². The first-order valence-corrected chi connectivity index (χ1v) is 6.71. The minimum Gasteiger partial charge on any atom is -0.480 e. The summed E-state index contributed by atoms with van der Waals surface area (Å²) in [4.78, 5) is 22.8. The van der Waals surface area contributed by atoms with E-state index in [0.717, 1.165) is 25.9 Å². The van der Waals surface area contributed by atoms with Gasteiger partial charge in [-0.3, -0.25) is 0 Å². The van der Waals surface area contributed by atoms with Gasteiger partial charge in [0.1, 0.15) is 11.6 Å². The summed E-state index contributed by atoms with van der Waals surface area (Å²) in [5.74, 6) is -0.735. The van der Waals surface area contributed by atoms with Gasteiger partial charge in [0.05, 0.1) is 0 Å². The molecule has 1 fully saturated rings. The van der Waals surface area contributed by atoms with Crippen LogP contribution in [0.2, 0.25) is 0 Å². The molecule has 1 saturated heterocycles. The Labute approximate surface area is 113 Å². The van der Waals surface area contributed by atoms with Crippen LogP contribution < -0.4 is 10.6 Å². The topological polar surface area (TPSA) is 87.7 Å². The van der Waals surface area contributed by atoms with Crippen molar-refractivity contribution < 1.29 is 19.4 Å². The van der Waals surface area contributed by atoms with E-state index in [1.54, 1.807) is 20.8 Å². The van der Waals surface area contributed by atoms with Crippen molar-refractivity contribution in [3.63, 3.8) is 0 Å². The Hall–Kier alpha value is -1.30. The number of rotatable bonds is 4. The first-order valence-electron chi connectivity index (χ1n) is 6.71. The highest BCUT2D eigenvalue weighted by molar-refractivity contribution is 5.80. The Morgan fingerprint density at radius 3 is 2.63 bits per heavy atom. The number of ether oxygens (including phenoxy) is 1. The van der Waals surface area contributed by atoms with Crippen molar-refractivity contribution in [3.05, 3.63) is 0 Å². The predicted molar refractivity (Wildman–Crippen MR) is 71.0 cm³/mol. The average molecular weight is 272 g/mol. The Morgan fingerprint density at radius 1 is 1.47 bits per heavy atom. The Bertz CT molecular complexity index is 319. The van der Waals surface area contributed by atoms with E-state index in [-0.39, 0.29) is 5.92 Å². The van der Waals surface area contributed by atoms with E-state index in [1.807, 2.05) is 0 Å². The number of aliphatic carboxylic acids is 1. The van der Waals surface area contributed by atoms with Gasteiger partial charge in [-0.25, -0.2) is 9.59 Å². The molecule has 0 unspecified atom stereocenters. The third-order valence-electron chi connectivity index (χ3n) is 2.96. The molecule has 0 bridgehead atoms. The fourth-order valence-corrected chi connectivity index (χ4v) is 2.13. The van der Waals surface area contributed by atoms with Gasteiger partial charge in [-0.1, -0.05) is 0 Å². The van der Waals surface area contributed by atoms with E-state index in [2.05, 4.69) is 10.6 Å². The molecule has 3 N–H and O–H groups in total. The summed E-state index contributed by atoms with van der Waals surface area (Å²) in [6, 6.07) is -0.889. The number of amides is 1. The van der Waals surface area contributed by atoms with Gasteiger partial charge in [0, 0.05) is 0 Å². The fourth-order valence-electron chi connectivity index (χ4n) is 2.13. The quantitative estimate of drug-likeness (QED) is 0.719. The molecule has 1 amide bonds. The smallest absolute Gasteiger partial charge is 0.408 e. The van der Waals surface area contributed by atoms with Crippen molar-refractivity contribution in [1.29, 1.82) is 0 Å². The molecule has 1 heterocycles. The van der Waals surface area contributed by atoms with Crippen molar-refractivity contribution in [1.82, 2.24) is 10.6 Å². The van der Waals surface area contributed by atoms with Crippen molar-refractivity contribution in [2.24, 2.45) is 5.92 Å². The van der Waals surface area contributed by atoms with Crippen LogP contribution in [0.15, 0.2) is 0 Å². The molecule has 1 rings (SSSR count). The van der Waals surface area contributed by atoms with E-state index in [1.165, 1.54) is 0 Å². The molecule has 0 saturated carbocycles. The third kappa shape index (κ3) is 6.42. The molecule has 2 atom stereocenters. The number of alkyl carbamates (subject to hydrolysis) is 1. The number of carboxylic acids is 1. The molecule has 0 aromatic carbocycles. The largest absolute Gasteiger partial charge is 0.480 e. The van der Waals surface area contributed by atoms with Crippen molar-refractivity contribution in [2.75, 3.05) is 13.1 Å². The van der Waals surface area contributed by atoms with E-state index in [9.17, 15) is 9.59 Å². The zero-order chi connectivity index (χ0) is 14.5. The first kappa shape index (κ1) is 15.8. The number of nitrogens with one attached hydrogen (secondary N) is 2. The molecule has 1 aliphatic heterocycles. The average Bonchev–Trinajstić information content (AvgIpc) is 2.26. The predicted octanol–water partition coefficient (Wildman–Crippen LogP) is 1.35. The summed E-state index contributed by atoms with van der Waals surface area (Å²) in [7, 11) is 0. The van der Waals surface area contributed by atoms with E-state index in [0.29, 0.717) is 6.42 Å². The Kier molecular flexibility index (Phi) is 5.60. The summed E-state index contributed by atoms with van der Waals surface area (Å²) < 4.78 is 5.08. The number of carbonyl (C=O) groups excluding carboxylic acids is 1. The van der Waals surface area contributed by atoms with Crippen LogP contribution in [0.1, 0.15) is 40.0 Å². The molecule has 6 nitrogen and oxygen atoms in total. The highest BCUT2D eigenvalue weighted by Gasteiger charge is 2.27. The van der Waals surface area contributed by atoms with Gasteiger partial charge in [-0.2, -0.15) is 0 Å². The monoisotopic (exact) mass is 272 g/mol. The zero-order valence-corrected chi connectivity index (χ0v) is 11.9. The summed E-state index contributed by atoms with van der Waals surface area (Å²) in [5, 5.41) is 14.8. The summed E-state index contributed by atoms with van der Waals surface area (Å²) in [6.07, 6.45) is 1.79. The molecule has 1 aliphatic rings. The number of hydrogen-bond donors (Lipinski definition) is 3. The lowest BCUT2D eigenvalue weighted by Crippen LogP contribution is -2.45. The van der Waals surface area contributed by atoms with Gasteiger partial charge >= 0.3 is 12.1 Å². The number of piperidine rings is 1. The van der Waals surface area contributed by atoms with E-state index in [4.69, 9.17) is 9.84 Å². The Morgan fingerprint density at radius 2 is 2.16 bits per heavy atom. The molecule has 0 radical (unpaired) electrons. The lowest BCUT2D eigenvalue weighted by Gasteiger charge is -2.27. The maximum absolute atomic E-state index is 11.6. The van der Waals surface area contributed by atoms with Crippen LogP contribution in [0, 0.1) is 5.92 Å². The number of carboxylic acid groups (broad SMARTS) is 1. The minimum atomic E-state index is -1.02. The van der Waals surface area contributed by atoms with Gasteiger partial charge in [-0.05, 0) is 59.0 Å². The standard InChI is InChI=1S/C13H24N2O4/c1-13(2,3)19-12(18)15-10(11(16)17)7-9-5-4-6-14-8-9/h9-10,14H,4-8H2,1-3H3,(H,15,18)(H,16,17)/t9-,10-/m0/s1. The van der Waals surface area contributed by atoms with Crippen LogP contribution in [0.5, 0.6) is 0 Å². The molecule has 0 spiro atoms. The third-order valence-corrected chi connectivity index (χ3v) is 2.96. The van der Waals surface area contributed by atoms with E-state index >= 15 is 0 Å². The van der Waals surface area contributed by atoms with Crippen LogP contribution in [0.4, 0.5) is 4.79 Å². The lowest BCUT2D eigenvalue weighted by molar-refractivity contribution is -0.140. The molecule has 19 heavy (non-hydrogen) atoms. The van der Waals surface area contributed by atoms with Gasteiger partial charge in [0.15, 0.2) is 0 Å². The van der Waals surface area contributed by atoms with Crippen LogP contribution in [0.3, 0.4) is 0 Å². The van der Waals surface area contributed by atoms with Crippen LogP contribution in [-0.2, 0) is 9.53 Å². The second kappa shape index (κ2) is 6.75. The lowest BCUT2D eigenvalue weighted by atomic mass is 9.92. The zero-order valence-electron chi connectivity index (χ0n) is 11.9. The first-order chi connectivity index (χ1) is 8.78. The van der Waals surface area contributed by atoms with Crippen LogP contribution in [-0.4, -0.2) is 41.9 Å². The van der Waals surface area contributed by atoms with Crippen LogP contribution >= 0.6 is 0 Å². The Balaban J connectivity index is 2.48. The number of carbonyl (C=O) groups is 2. The molecular weight excluding hydrogens is 248 g/mol. The van der Waals surface area contributed by atoms with Gasteiger partial charge in [-0.15, -0.1) is 0 Å². The van der Waals surface area contributed by atoms with E-state index < -0.39 is 23.7 Å². The van der Waals surface area contributed by atoms with Crippen LogP contribution in [0.25, 0.3) is 0 Å². The normalized spacial score (nSPS) is 21.5. The minimum absolute atomic E-state index is 0.282. The summed E-state index contributed by atoms with van der Waals surface area (Å²) in [5.41, 5.74) is -0.625.